The van der Waals surface area contributed by atoms with Crippen LogP contribution < -0.4 is 0 Å². The number of hydrogen-bond acceptors (Lipinski definition) is 4. The molecule has 7 nitrogen and oxygen atoms in total. The van der Waals surface area contributed by atoms with Gasteiger partial charge in [-0.05, 0) is 12.5 Å². The van der Waals surface area contributed by atoms with E-state index in [9.17, 15) is 0 Å². The van der Waals surface area contributed by atoms with Crippen molar-refractivity contribution >= 4 is 10.9 Å². The second-order valence-electron chi connectivity index (χ2n) is 6.52. The molecule has 0 saturated carbocycles. The van der Waals surface area contributed by atoms with Gasteiger partial charge >= 0.3 is 0 Å². The highest BCUT2D eigenvalue weighted by Gasteiger charge is 2.20. The van der Waals surface area contributed by atoms with Crippen LogP contribution in [0.15, 0.2) is 36.5 Å². The van der Waals surface area contributed by atoms with Crippen LogP contribution in [0.2, 0.25) is 0 Å². The highest BCUT2D eigenvalue weighted by molar-refractivity contribution is 5.91. The lowest BCUT2D eigenvalue weighted by Crippen LogP contribution is -2.07. The van der Waals surface area contributed by atoms with Crippen molar-refractivity contribution in [2.75, 3.05) is 0 Å². The van der Waals surface area contributed by atoms with Gasteiger partial charge in [0.2, 0.25) is 0 Å². The quantitative estimate of drug-likeness (QED) is 0.501. The molecule has 0 unspecified atom stereocenters. The van der Waals surface area contributed by atoms with Crippen molar-refractivity contribution < 1.29 is 0 Å². The topological polar surface area (TPSA) is 66.3 Å². The molecule has 0 bridgehead atoms. The van der Waals surface area contributed by atoms with Gasteiger partial charge in [0.1, 0.15) is 5.69 Å². The summed E-state index contributed by atoms with van der Waals surface area (Å²) >= 11 is 0. The van der Waals surface area contributed by atoms with Gasteiger partial charge in [-0.1, -0.05) is 38.0 Å². The first-order valence-corrected chi connectivity index (χ1v) is 9.05. The summed E-state index contributed by atoms with van der Waals surface area (Å²) in [4.78, 5) is 4.85. The van der Waals surface area contributed by atoms with Crippen molar-refractivity contribution in [1.82, 2.24) is 34.3 Å². The lowest BCUT2D eigenvalue weighted by Gasteiger charge is -2.04. The molecular weight excluding hydrogens is 326 g/mol. The number of rotatable bonds is 6. The molecule has 7 heteroatoms. The van der Waals surface area contributed by atoms with E-state index in [1.54, 1.807) is 10.9 Å². The van der Waals surface area contributed by atoms with Gasteiger partial charge < -0.3 is 0 Å². The molecule has 0 aliphatic rings. The Labute approximate surface area is 152 Å². The lowest BCUT2D eigenvalue weighted by molar-refractivity contribution is 0.671. The summed E-state index contributed by atoms with van der Waals surface area (Å²) in [6, 6.07) is 10.1. The number of fused-ring (bicyclic) bond motifs is 1. The van der Waals surface area contributed by atoms with E-state index in [2.05, 4.69) is 24.2 Å². The lowest BCUT2D eigenvalue weighted by atomic mass is 10.2. The third-order valence-electron chi connectivity index (χ3n) is 4.64. The molecule has 3 heterocycles. The van der Waals surface area contributed by atoms with Crippen LogP contribution in [0.4, 0.5) is 0 Å². The average molecular weight is 349 g/mol. The summed E-state index contributed by atoms with van der Waals surface area (Å²) in [6.07, 6.45) is 6.10. The van der Waals surface area contributed by atoms with E-state index in [1.807, 2.05) is 41.7 Å². The third kappa shape index (κ3) is 2.79. The van der Waals surface area contributed by atoms with Gasteiger partial charge in [-0.2, -0.15) is 14.9 Å². The normalized spacial score (nSPS) is 11.5. The number of nitrogens with zero attached hydrogens (tertiary/aromatic N) is 7. The number of para-hydroxylation sites is 1. The fraction of sp³-hybridized carbons (Fsp3) is 0.368. The minimum absolute atomic E-state index is 0.761. The second kappa shape index (κ2) is 6.74. The second-order valence-corrected chi connectivity index (χ2v) is 6.52. The number of hydrogen-bond donors (Lipinski definition) is 0. The molecule has 1 aromatic carbocycles. The minimum Gasteiger partial charge on any atom is -0.267 e. The fourth-order valence-electron chi connectivity index (χ4n) is 3.26. The Morgan fingerprint density at radius 3 is 2.58 bits per heavy atom. The van der Waals surface area contributed by atoms with Gasteiger partial charge in [0.15, 0.2) is 17.5 Å². The zero-order valence-electron chi connectivity index (χ0n) is 15.4. The van der Waals surface area contributed by atoms with Crippen LogP contribution in [0, 0.1) is 0 Å². The summed E-state index contributed by atoms with van der Waals surface area (Å²) in [5, 5.41) is 14.9. The van der Waals surface area contributed by atoms with E-state index in [0.717, 1.165) is 46.9 Å². The van der Waals surface area contributed by atoms with Gasteiger partial charge in [-0.3, -0.25) is 9.36 Å². The molecule has 26 heavy (non-hydrogen) atoms. The number of benzene rings is 1. The maximum Gasteiger partial charge on any atom is 0.186 e. The summed E-state index contributed by atoms with van der Waals surface area (Å²) in [5.74, 6) is 2.49. The highest BCUT2D eigenvalue weighted by Crippen LogP contribution is 2.28. The molecule has 0 spiro atoms. The molecule has 4 aromatic rings. The smallest absolute Gasteiger partial charge is 0.186 e. The van der Waals surface area contributed by atoms with Crippen LogP contribution in [-0.2, 0) is 20.5 Å². The Morgan fingerprint density at radius 1 is 0.962 bits per heavy atom. The maximum absolute atomic E-state index is 4.85. The Kier molecular flexibility index (Phi) is 4.28. The van der Waals surface area contributed by atoms with Crippen LogP contribution in [-0.4, -0.2) is 34.3 Å². The van der Waals surface area contributed by atoms with Crippen molar-refractivity contribution in [3.63, 3.8) is 0 Å². The van der Waals surface area contributed by atoms with Crippen LogP contribution in [0.25, 0.3) is 28.2 Å². The molecule has 3 aromatic heterocycles. The van der Waals surface area contributed by atoms with Gasteiger partial charge in [-0.15, -0.1) is 5.10 Å². The molecule has 0 aliphatic carbocycles. The summed E-state index contributed by atoms with van der Waals surface area (Å²) < 4.78 is 5.56. The van der Waals surface area contributed by atoms with Gasteiger partial charge in [0.05, 0.1) is 11.7 Å². The van der Waals surface area contributed by atoms with E-state index in [4.69, 9.17) is 15.2 Å². The summed E-state index contributed by atoms with van der Waals surface area (Å²) in [7, 11) is 3.87. The average Bonchev–Trinajstić information content (AvgIpc) is 3.33. The Morgan fingerprint density at radius 2 is 1.81 bits per heavy atom. The van der Waals surface area contributed by atoms with E-state index in [0.29, 0.717) is 0 Å². The number of unbranched alkanes of at least 4 members (excludes halogenated alkanes) is 2. The predicted octanol–water partition coefficient (Wildman–Crippen LogP) is 3.29. The first kappa shape index (κ1) is 16.5. The standard InChI is InChI=1S/C19H23N7/c1-4-5-6-11-16-21-19(26(22-16)17-12-13-20-25(17)3)18-14-9-7-8-10-15(14)24(2)23-18/h7-10,12-13H,4-6,11H2,1-3H3. The fourth-order valence-corrected chi connectivity index (χ4v) is 3.26. The van der Waals surface area contributed by atoms with Crippen LogP contribution in [0.1, 0.15) is 32.0 Å². The molecule has 0 atom stereocenters. The third-order valence-corrected chi connectivity index (χ3v) is 4.64. The van der Waals surface area contributed by atoms with Gasteiger partial charge in [0, 0.05) is 32.0 Å². The molecule has 134 valence electrons. The van der Waals surface area contributed by atoms with Gasteiger partial charge in [-0.25, -0.2) is 4.98 Å². The first-order chi connectivity index (χ1) is 12.7. The minimum atomic E-state index is 0.761. The molecule has 0 amide bonds. The molecule has 0 aliphatic heterocycles. The number of aryl methyl sites for hydroxylation is 3. The zero-order chi connectivity index (χ0) is 18.1. The monoisotopic (exact) mass is 349 g/mol. The summed E-state index contributed by atoms with van der Waals surface area (Å²) in [6.45, 7) is 2.20. The number of aromatic nitrogens is 7. The molecule has 0 saturated heterocycles. The predicted molar refractivity (Wildman–Crippen MR) is 101 cm³/mol. The van der Waals surface area contributed by atoms with Crippen LogP contribution in [0.5, 0.6) is 0 Å². The van der Waals surface area contributed by atoms with Crippen molar-refractivity contribution in [1.29, 1.82) is 0 Å². The molecule has 0 fully saturated rings. The van der Waals surface area contributed by atoms with Crippen molar-refractivity contribution in [2.24, 2.45) is 14.1 Å². The van der Waals surface area contributed by atoms with Gasteiger partial charge in [0.25, 0.3) is 0 Å². The molecule has 4 rings (SSSR count). The SMILES string of the molecule is CCCCCc1nc(-c2nn(C)c3ccccc23)n(-c2ccnn2C)n1. The Hall–Kier alpha value is -2.96. The largest absolute Gasteiger partial charge is 0.267 e. The Balaban J connectivity index is 1.87. The summed E-state index contributed by atoms with van der Waals surface area (Å²) in [5.41, 5.74) is 1.92. The molecular formula is C19H23N7. The maximum atomic E-state index is 4.85. The van der Waals surface area contributed by atoms with Crippen molar-refractivity contribution in [3.05, 3.63) is 42.4 Å². The Bertz CT molecular complexity index is 1040. The van der Waals surface area contributed by atoms with Crippen molar-refractivity contribution in [2.45, 2.75) is 32.6 Å². The van der Waals surface area contributed by atoms with E-state index in [-0.39, 0.29) is 0 Å². The van der Waals surface area contributed by atoms with Crippen molar-refractivity contribution in [3.8, 4) is 17.3 Å². The van der Waals surface area contributed by atoms with E-state index in [1.165, 1.54) is 12.8 Å². The van der Waals surface area contributed by atoms with Crippen LogP contribution in [0.3, 0.4) is 0 Å². The molecule has 0 radical (unpaired) electrons. The first-order valence-electron chi connectivity index (χ1n) is 9.05. The molecule has 0 N–H and O–H groups in total. The van der Waals surface area contributed by atoms with E-state index >= 15 is 0 Å². The highest BCUT2D eigenvalue weighted by atomic mass is 15.4. The van der Waals surface area contributed by atoms with Crippen LogP contribution >= 0.6 is 0 Å². The zero-order valence-corrected chi connectivity index (χ0v) is 15.4. The van der Waals surface area contributed by atoms with E-state index < -0.39 is 0 Å².